The van der Waals surface area contributed by atoms with E-state index in [1.54, 1.807) is 22.5 Å². The van der Waals surface area contributed by atoms with Crippen LogP contribution in [0.4, 0.5) is 0 Å². The van der Waals surface area contributed by atoms with Crippen molar-refractivity contribution in [1.82, 2.24) is 9.62 Å². The van der Waals surface area contributed by atoms with E-state index in [-0.39, 0.29) is 12.1 Å². The summed E-state index contributed by atoms with van der Waals surface area (Å²) in [5, 5.41) is 3.79. The molecule has 2 heterocycles. The Labute approximate surface area is 125 Å². The second-order valence-corrected chi connectivity index (χ2v) is 7.87. The minimum absolute atomic E-state index is 0.0749. The van der Waals surface area contributed by atoms with Gasteiger partial charge in [0.25, 0.3) is 0 Å². The predicted octanol–water partition coefficient (Wildman–Crippen LogP) is 2.16. The maximum atomic E-state index is 13.0. The molecule has 1 N–H and O–H groups in total. The number of nitrogens with one attached hydrogen (secondary N) is 1. The van der Waals surface area contributed by atoms with Gasteiger partial charge in [0.2, 0.25) is 10.0 Å². The average molecular weight is 315 g/mol. The summed E-state index contributed by atoms with van der Waals surface area (Å²) in [4.78, 5) is 0.351. The van der Waals surface area contributed by atoms with E-state index in [4.69, 9.17) is 11.6 Å². The zero-order chi connectivity index (χ0) is 14.3. The third-order valence-corrected chi connectivity index (χ3v) is 6.67. The molecule has 2 bridgehead atoms. The molecule has 2 atom stereocenters. The molecule has 0 radical (unpaired) electrons. The minimum Gasteiger partial charge on any atom is -0.315 e. The Balaban J connectivity index is 2.05. The summed E-state index contributed by atoms with van der Waals surface area (Å²) in [6, 6.07) is 5.27. The highest BCUT2D eigenvalue weighted by molar-refractivity contribution is 7.89. The van der Waals surface area contributed by atoms with Gasteiger partial charge in [-0.2, -0.15) is 4.31 Å². The Morgan fingerprint density at radius 3 is 2.80 bits per heavy atom. The minimum atomic E-state index is -3.47. The van der Waals surface area contributed by atoms with Gasteiger partial charge in [-0.1, -0.05) is 17.7 Å². The van der Waals surface area contributed by atoms with E-state index in [0.29, 0.717) is 9.92 Å². The summed E-state index contributed by atoms with van der Waals surface area (Å²) < 4.78 is 27.8. The van der Waals surface area contributed by atoms with Gasteiger partial charge in [-0.25, -0.2) is 8.42 Å². The van der Waals surface area contributed by atoms with E-state index < -0.39 is 10.0 Å². The molecule has 0 spiro atoms. The van der Waals surface area contributed by atoms with E-state index in [9.17, 15) is 8.42 Å². The number of halogens is 1. The molecule has 0 amide bonds. The molecule has 1 aromatic rings. The van der Waals surface area contributed by atoms with Crippen molar-refractivity contribution in [2.75, 3.05) is 13.1 Å². The molecule has 0 saturated carbocycles. The summed E-state index contributed by atoms with van der Waals surface area (Å²) in [5.74, 6) is 0. The Morgan fingerprint density at radius 1 is 1.25 bits per heavy atom. The zero-order valence-corrected chi connectivity index (χ0v) is 13.0. The van der Waals surface area contributed by atoms with Crippen LogP contribution in [-0.2, 0) is 10.0 Å². The van der Waals surface area contributed by atoms with Gasteiger partial charge in [0.1, 0.15) is 0 Å². The van der Waals surface area contributed by atoms with Crippen molar-refractivity contribution in [3.05, 3.63) is 28.8 Å². The molecule has 2 unspecified atom stereocenters. The van der Waals surface area contributed by atoms with Crippen LogP contribution >= 0.6 is 11.6 Å². The molecule has 4 nitrogen and oxygen atoms in total. The molecule has 0 aromatic heterocycles. The maximum Gasteiger partial charge on any atom is 0.243 e. The molecule has 110 valence electrons. The molecule has 2 aliphatic heterocycles. The zero-order valence-electron chi connectivity index (χ0n) is 11.5. The first-order valence-corrected chi connectivity index (χ1v) is 8.82. The molecule has 3 rings (SSSR count). The van der Waals surface area contributed by atoms with Gasteiger partial charge in [-0.15, -0.1) is 0 Å². The lowest BCUT2D eigenvalue weighted by Gasteiger charge is -2.27. The fourth-order valence-corrected chi connectivity index (χ4v) is 5.69. The summed E-state index contributed by atoms with van der Waals surface area (Å²) in [6.07, 6.45) is 2.79. The van der Waals surface area contributed by atoms with Crippen LogP contribution in [0.1, 0.15) is 24.8 Å². The van der Waals surface area contributed by atoms with Crippen molar-refractivity contribution in [1.29, 1.82) is 0 Å². The maximum absolute atomic E-state index is 13.0. The number of rotatable bonds is 2. The van der Waals surface area contributed by atoms with Gasteiger partial charge in [0.15, 0.2) is 0 Å². The number of hydrogen-bond donors (Lipinski definition) is 1. The van der Waals surface area contributed by atoms with Crippen molar-refractivity contribution in [2.45, 2.75) is 43.2 Å². The number of fused-ring (bicyclic) bond motifs is 2. The fourth-order valence-electron chi connectivity index (χ4n) is 3.30. The quantitative estimate of drug-likeness (QED) is 0.910. The highest BCUT2D eigenvalue weighted by Crippen LogP contribution is 2.35. The monoisotopic (exact) mass is 314 g/mol. The van der Waals surface area contributed by atoms with Gasteiger partial charge >= 0.3 is 0 Å². The summed E-state index contributed by atoms with van der Waals surface area (Å²) >= 11 is 5.99. The van der Waals surface area contributed by atoms with Crippen LogP contribution < -0.4 is 5.32 Å². The largest absolute Gasteiger partial charge is 0.315 e. The normalized spacial score (nSPS) is 27.5. The van der Waals surface area contributed by atoms with E-state index in [0.717, 1.165) is 37.9 Å². The van der Waals surface area contributed by atoms with Crippen LogP contribution in [0.2, 0.25) is 5.02 Å². The topological polar surface area (TPSA) is 49.4 Å². The van der Waals surface area contributed by atoms with E-state index in [1.807, 2.05) is 6.92 Å². The smallest absolute Gasteiger partial charge is 0.243 e. The number of sulfonamides is 1. The van der Waals surface area contributed by atoms with Crippen molar-refractivity contribution in [3.63, 3.8) is 0 Å². The number of aryl methyl sites for hydroxylation is 1. The fraction of sp³-hybridized carbons (Fsp3) is 0.571. The second-order valence-electron chi connectivity index (χ2n) is 5.62. The van der Waals surface area contributed by atoms with Crippen molar-refractivity contribution in [3.8, 4) is 0 Å². The van der Waals surface area contributed by atoms with Crippen molar-refractivity contribution < 1.29 is 8.42 Å². The lowest BCUT2D eigenvalue weighted by atomic mass is 10.1. The van der Waals surface area contributed by atoms with Gasteiger partial charge < -0.3 is 5.32 Å². The third kappa shape index (κ3) is 2.37. The highest BCUT2D eigenvalue weighted by Gasteiger charge is 2.43. The lowest BCUT2D eigenvalue weighted by molar-refractivity contribution is 0.334. The Kier molecular flexibility index (Phi) is 3.79. The number of nitrogens with zero attached hydrogens (tertiary/aromatic N) is 1. The van der Waals surface area contributed by atoms with Gasteiger partial charge in [0, 0.05) is 23.7 Å². The molecule has 6 heteroatoms. The Bertz CT molecular complexity index is 604. The molecule has 0 aliphatic carbocycles. The van der Waals surface area contributed by atoms with E-state index >= 15 is 0 Å². The molecular formula is C14H19ClN2O2S. The molecule has 2 fully saturated rings. The standard InChI is InChI=1S/C14H19ClN2O2S/c1-10-2-3-11(15)8-14(10)20(18,19)17-12-4-5-13(17)9-16-7-6-12/h2-3,8,12-13,16H,4-7,9H2,1H3. The predicted molar refractivity (Wildman–Crippen MR) is 79.5 cm³/mol. The van der Waals surface area contributed by atoms with Crippen LogP contribution in [0, 0.1) is 6.92 Å². The number of hydrogen-bond acceptors (Lipinski definition) is 3. The Hall–Kier alpha value is -0.620. The Morgan fingerprint density at radius 2 is 2.00 bits per heavy atom. The molecular weight excluding hydrogens is 296 g/mol. The van der Waals surface area contributed by atoms with Crippen LogP contribution in [0.3, 0.4) is 0 Å². The van der Waals surface area contributed by atoms with Crippen LogP contribution in [0.5, 0.6) is 0 Å². The van der Waals surface area contributed by atoms with Crippen LogP contribution in [0.25, 0.3) is 0 Å². The summed E-state index contributed by atoms with van der Waals surface area (Å²) in [7, 11) is -3.47. The van der Waals surface area contributed by atoms with E-state index in [2.05, 4.69) is 5.32 Å². The first kappa shape index (κ1) is 14.3. The highest BCUT2D eigenvalue weighted by atomic mass is 35.5. The van der Waals surface area contributed by atoms with Crippen LogP contribution in [0.15, 0.2) is 23.1 Å². The van der Waals surface area contributed by atoms with Crippen LogP contribution in [-0.4, -0.2) is 37.9 Å². The van der Waals surface area contributed by atoms with Crippen molar-refractivity contribution >= 4 is 21.6 Å². The second kappa shape index (κ2) is 5.30. The van der Waals surface area contributed by atoms with Gasteiger partial charge in [-0.05, 0) is 50.4 Å². The molecule has 1 aromatic carbocycles. The summed E-state index contributed by atoms with van der Waals surface area (Å²) in [5.41, 5.74) is 0.756. The number of benzene rings is 1. The van der Waals surface area contributed by atoms with Gasteiger partial charge in [-0.3, -0.25) is 0 Å². The third-order valence-electron chi connectivity index (χ3n) is 4.29. The first-order valence-electron chi connectivity index (χ1n) is 7.00. The SMILES string of the molecule is Cc1ccc(Cl)cc1S(=O)(=O)N1C2CCNCC1CC2. The summed E-state index contributed by atoms with van der Waals surface area (Å²) in [6.45, 7) is 3.46. The first-order chi connectivity index (χ1) is 9.50. The van der Waals surface area contributed by atoms with Gasteiger partial charge in [0.05, 0.1) is 4.90 Å². The molecule has 20 heavy (non-hydrogen) atoms. The van der Waals surface area contributed by atoms with Crippen molar-refractivity contribution in [2.24, 2.45) is 0 Å². The molecule has 2 saturated heterocycles. The molecule has 2 aliphatic rings. The lowest BCUT2D eigenvalue weighted by Crippen LogP contribution is -2.42. The van der Waals surface area contributed by atoms with E-state index in [1.165, 1.54) is 0 Å². The average Bonchev–Trinajstić information content (AvgIpc) is 2.66.